The fraction of sp³-hybridized carbons (Fsp3) is 0.440. The Morgan fingerprint density at radius 2 is 1.34 bits per heavy atom. The Labute approximate surface area is 377 Å². The number of carbonyl (C=O) groups is 5. The van der Waals surface area contributed by atoms with Gasteiger partial charge in [0.05, 0.1) is 12.8 Å². The first-order chi connectivity index (χ1) is 30.3. The van der Waals surface area contributed by atoms with Crippen molar-refractivity contribution >= 4 is 29.9 Å². The standard InChI is InChI=1S/C50H65N7O7/c1-49(2,3)42(55-47(62)64-7)44(58)53-38(28-34-21-23-36(24-22-34)40-20-14-15-25-52-40)30-37(31-39(51)46(60)61)41(29-33-16-10-8-11-17-33)54-45(59)43(50(4,5)6)57-27-26-56(48(57)63)32-35-18-12-9-13-19-35/h8-25,37-39,41-43H,26-32,51H2,1-7H3,(H,53,58)(H,54,59)(H,55,62)(H,60,61)/t37?,38?,39-,41-,42+,43+/m0/s1. The average molecular weight is 876 g/mol. The molecular formula is C50H65N7O7. The van der Waals surface area contributed by atoms with Crippen molar-refractivity contribution in [2.75, 3.05) is 20.2 Å². The number of methoxy groups -OCH3 is 1. The van der Waals surface area contributed by atoms with Gasteiger partial charge in [0, 0.05) is 43.5 Å². The third kappa shape index (κ3) is 13.6. The smallest absolute Gasteiger partial charge is 0.407 e. The molecule has 1 aliphatic heterocycles. The van der Waals surface area contributed by atoms with Crippen LogP contribution in [0.15, 0.2) is 109 Å². The number of aromatic nitrogens is 1. The monoisotopic (exact) mass is 875 g/mol. The van der Waals surface area contributed by atoms with Crippen molar-refractivity contribution in [1.29, 1.82) is 0 Å². The number of hydrogen-bond acceptors (Lipinski definition) is 8. The van der Waals surface area contributed by atoms with Crippen molar-refractivity contribution in [2.24, 2.45) is 22.5 Å². The molecule has 0 aliphatic carbocycles. The molecule has 0 saturated carbocycles. The van der Waals surface area contributed by atoms with Crippen LogP contribution in [-0.2, 0) is 38.5 Å². The summed E-state index contributed by atoms with van der Waals surface area (Å²) < 4.78 is 4.88. The third-order valence-corrected chi connectivity index (χ3v) is 11.7. The highest BCUT2D eigenvalue weighted by molar-refractivity contribution is 5.89. The molecule has 3 aromatic carbocycles. The summed E-state index contributed by atoms with van der Waals surface area (Å²) in [6.45, 7) is 12.5. The van der Waals surface area contributed by atoms with Crippen LogP contribution in [0.25, 0.3) is 11.3 Å². The van der Waals surface area contributed by atoms with E-state index in [2.05, 4.69) is 20.9 Å². The number of carboxylic acids is 1. The lowest BCUT2D eigenvalue weighted by Crippen LogP contribution is -2.59. The van der Waals surface area contributed by atoms with Crippen LogP contribution in [0.4, 0.5) is 9.59 Å². The molecule has 6 N–H and O–H groups in total. The summed E-state index contributed by atoms with van der Waals surface area (Å²) in [5.74, 6) is -2.65. The average Bonchev–Trinajstić information content (AvgIpc) is 3.60. The number of ether oxygens (including phenoxy) is 1. The van der Waals surface area contributed by atoms with Gasteiger partial charge in [0.15, 0.2) is 0 Å². The number of urea groups is 1. The number of rotatable bonds is 19. The van der Waals surface area contributed by atoms with Crippen LogP contribution in [0.3, 0.4) is 0 Å². The summed E-state index contributed by atoms with van der Waals surface area (Å²) in [7, 11) is 1.23. The van der Waals surface area contributed by atoms with Gasteiger partial charge in [0.2, 0.25) is 11.8 Å². The fourth-order valence-electron chi connectivity index (χ4n) is 8.44. The van der Waals surface area contributed by atoms with E-state index < -0.39 is 64.9 Å². The minimum Gasteiger partial charge on any atom is -0.480 e. The minimum absolute atomic E-state index is 0.0467. The number of amides is 5. The summed E-state index contributed by atoms with van der Waals surface area (Å²) in [4.78, 5) is 76.2. The maximum absolute atomic E-state index is 14.9. The number of carbonyl (C=O) groups excluding carboxylic acids is 4. The first-order valence-corrected chi connectivity index (χ1v) is 21.9. The van der Waals surface area contributed by atoms with Gasteiger partial charge in [-0.2, -0.15) is 0 Å². The van der Waals surface area contributed by atoms with E-state index >= 15 is 0 Å². The summed E-state index contributed by atoms with van der Waals surface area (Å²) in [5.41, 5.74) is 9.39. The second kappa shape index (κ2) is 21.9. The van der Waals surface area contributed by atoms with Gasteiger partial charge < -0.3 is 41.3 Å². The number of benzene rings is 3. The maximum Gasteiger partial charge on any atom is 0.407 e. The first-order valence-electron chi connectivity index (χ1n) is 21.9. The molecule has 2 unspecified atom stereocenters. The minimum atomic E-state index is -1.30. The van der Waals surface area contributed by atoms with E-state index in [1.54, 1.807) is 16.0 Å². The second-order valence-corrected chi connectivity index (χ2v) is 18.9. The van der Waals surface area contributed by atoms with Crippen LogP contribution in [0.2, 0.25) is 0 Å². The van der Waals surface area contributed by atoms with Crippen LogP contribution in [-0.4, -0.2) is 100 Å². The molecule has 342 valence electrons. The van der Waals surface area contributed by atoms with Gasteiger partial charge >= 0.3 is 18.1 Å². The van der Waals surface area contributed by atoms with Crippen molar-refractivity contribution in [3.8, 4) is 11.3 Å². The van der Waals surface area contributed by atoms with Crippen molar-refractivity contribution < 1.29 is 33.8 Å². The van der Waals surface area contributed by atoms with Crippen LogP contribution in [0.1, 0.15) is 71.1 Å². The first kappa shape index (κ1) is 48.7. The molecule has 0 spiro atoms. The highest BCUT2D eigenvalue weighted by Gasteiger charge is 2.45. The summed E-state index contributed by atoms with van der Waals surface area (Å²) >= 11 is 0. The highest BCUT2D eigenvalue weighted by Crippen LogP contribution is 2.31. The lowest BCUT2D eigenvalue weighted by Gasteiger charge is -2.39. The molecule has 5 amide bonds. The highest BCUT2D eigenvalue weighted by atomic mass is 16.5. The predicted molar refractivity (Wildman–Crippen MR) is 247 cm³/mol. The van der Waals surface area contributed by atoms with E-state index in [0.29, 0.717) is 32.5 Å². The fourth-order valence-corrected chi connectivity index (χ4v) is 8.44. The third-order valence-electron chi connectivity index (χ3n) is 11.7. The van der Waals surface area contributed by atoms with Gasteiger partial charge in [-0.25, -0.2) is 9.59 Å². The Kier molecular flexibility index (Phi) is 16.7. The molecule has 14 heteroatoms. The van der Waals surface area contributed by atoms with E-state index in [0.717, 1.165) is 27.9 Å². The zero-order chi connectivity index (χ0) is 46.6. The number of nitrogens with two attached hydrogens (primary N) is 1. The topological polar surface area (TPSA) is 196 Å². The molecule has 1 aromatic heterocycles. The van der Waals surface area contributed by atoms with E-state index in [1.165, 1.54) is 7.11 Å². The van der Waals surface area contributed by atoms with Crippen LogP contribution >= 0.6 is 0 Å². The molecule has 5 rings (SSSR count). The molecule has 2 heterocycles. The largest absolute Gasteiger partial charge is 0.480 e. The Bertz CT molecular complexity index is 2160. The summed E-state index contributed by atoms with van der Waals surface area (Å²) in [6, 6.07) is 28.0. The molecule has 64 heavy (non-hydrogen) atoms. The van der Waals surface area contributed by atoms with Crippen LogP contribution in [0, 0.1) is 16.7 Å². The Hall–Kier alpha value is -6.28. The van der Waals surface area contributed by atoms with Crippen molar-refractivity contribution in [3.05, 3.63) is 126 Å². The van der Waals surface area contributed by atoms with Crippen molar-refractivity contribution in [1.82, 2.24) is 30.7 Å². The Morgan fingerprint density at radius 3 is 1.91 bits per heavy atom. The lowest BCUT2D eigenvalue weighted by atomic mass is 9.80. The number of carboxylic acid groups (broad SMARTS) is 1. The zero-order valence-corrected chi connectivity index (χ0v) is 38.1. The molecule has 6 atom stereocenters. The number of alkyl carbamates (subject to hydrolysis) is 1. The molecule has 4 aromatic rings. The molecule has 1 aliphatic rings. The van der Waals surface area contributed by atoms with E-state index in [4.69, 9.17) is 10.5 Å². The number of aliphatic carboxylic acids is 1. The molecule has 1 saturated heterocycles. The summed E-state index contributed by atoms with van der Waals surface area (Å²) in [5, 5.41) is 19.4. The van der Waals surface area contributed by atoms with Gasteiger partial charge in [0.1, 0.15) is 18.1 Å². The molecule has 0 radical (unpaired) electrons. The van der Waals surface area contributed by atoms with E-state index in [9.17, 15) is 29.1 Å². The van der Waals surface area contributed by atoms with Gasteiger partial charge in [-0.15, -0.1) is 0 Å². The van der Waals surface area contributed by atoms with Gasteiger partial charge in [-0.05, 0) is 71.3 Å². The molecular weight excluding hydrogens is 811 g/mol. The second-order valence-electron chi connectivity index (χ2n) is 18.9. The normalized spacial score (nSPS) is 15.9. The summed E-state index contributed by atoms with van der Waals surface area (Å²) in [6.07, 6.45) is 1.73. The Morgan fingerprint density at radius 1 is 0.734 bits per heavy atom. The van der Waals surface area contributed by atoms with Gasteiger partial charge in [-0.3, -0.25) is 19.4 Å². The molecule has 1 fully saturated rings. The number of nitrogens with one attached hydrogen (secondary N) is 3. The van der Waals surface area contributed by atoms with Crippen molar-refractivity contribution in [3.63, 3.8) is 0 Å². The SMILES string of the molecule is COC(=O)N[C@H](C(=O)NC(Cc1ccc(-c2ccccn2)cc1)CC(C[C@H](N)C(=O)O)[C@H](Cc1ccccc1)NC(=O)[C@@H](N1CCN(Cc2ccccc2)C1=O)C(C)(C)C)C(C)(C)C. The van der Waals surface area contributed by atoms with Crippen LogP contribution in [0.5, 0.6) is 0 Å². The molecule has 14 nitrogen and oxygen atoms in total. The zero-order valence-electron chi connectivity index (χ0n) is 38.1. The van der Waals surface area contributed by atoms with Gasteiger partial charge in [0.25, 0.3) is 0 Å². The molecule has 0 bridgehead atoms. The number of nitrogens with zero attached hydrogens (tertiary/aromatic N) is 3. The number of pyridine rings is 1. The van der Waals surface area contributed by atoms with E-state index in [1.807, 2.05) is 145 Å². The quantitative estimate of drug-likeness (QED) is 0.0705. The maximum atomic E-state index is 14.9. The Balaban J connectivity index is 1.52. The van der Waals surface area contributed by atoms with Gasteiger partial charge in [-0.1, -0.05) is 133 Å². The number of hydrogen-bond donors (Lipinski definition) is 5. The predicted octanol–water partition coefficient (Wildman–Crippen LogP) is 6.43. The van der Waals surface area contributed by atoms with Crippen molar-refractivity contribution in [2.45, 2.75) is 104 Å². The van der Waals surface area contributed by atoms with Crippen LogP contribution < -0.4 is 21.7 Å². The van der Waals surface area contributed by atoms with E-state index in [-0.39, 0.29) is 24.8 Å². The lowest BCUT2D eigenvalue weighted by molar-refractivity contribution is -0.139.